The highest BCUT2D eigenvalue weighted by molar-refractivity contribution is 6.30. The molecule has 0 fully saturated rings. The van der Waals surface area contributed by atoms with Crippen molar-refractivity contribution in [2.24, 2.45) is 5.73 Å². The molecule has 21 heavy (non-hydrogen) atoms. The van der Waals surface area contributed by atoms with Crippen LogP contribution in [0.5, 0.6) is 5.75 Å². The van der Waals surface area contributed by atoms with Gasteiger partial charge in [0.1, 0.15) is 11.9 Å². The summed E-state index contributed by atoms with van der Waals surface area (Å²) in [4.78, 5) is 0. The van der Waals surface area contributed by atoms with Crippen LogP contribution in [-0.4, -0.2) is 27.6 Å². The van der Waals surface area contributed by atoms with Gasteiger partial charge in [0.25, 0.3) is 0 Å². The molecular weight excluding hydrogens is 288 g/mol. The molecule has 0 bridgehead atoms. The lowest BCUT2D eigenvalue weighted by Gasteiger charge is -2.09. The molecule has 1 aromatic heterocycles. The molecule has 0 aliphatic carbocycles. The molecule has 1 atom stereocenters. The second-order valence-electron chi connectivity index (χ2n) is 5.37. The zero-order chi connectivity index (χ0) is 14.7. The van der Waals surface area contributed by atoms with Gasteiger partial charge < -0.3 is 10.5 Å². The lowest BCUT2D eigenvalue weighted by Crippen LogP contribution is -2.21. The molecule has 5 nitrogen and oxygen atoms in total. The van der Waals surface area contributed by atoms with Gasteiger partial charge in [0.15, 0.2) is 0 Å². The number of aryl methyl sites for hydroxylation is 1. The predicted molar refractivity (Wildman–Crippen MR) is 81.6 cm³/mol. The molecule has 2 heterocycles. The summed E-state index contributed by atoms with van der Waals surface area (Å²) < 4.78 is 7.77. The average Bonchev–Trinajstić information content (AvgIpc) is 3.05. The summed E-state index contributed by atoms with van der Waals surface area (Å²) >= 11 is 6.00. The molecule has 1 aliphatic rings. The maximum Gasteiger partial charge on any atom is 0.123 e. The van der Waals surface area contributed by atoms with Gasteiger partial charge in [-0.05, 0) is 49.6 Å². The summed E-state index contributed by atoms with van der Waals surface area (Å²) in [5.74, 6) is 0.924. The van der Waals surface area contributed by atoms with E-state index in [0.717, 1.165) is 54.3 Å². The van der Waals surface area contributed by atoms with Crippen molar-refractivity contribution in [1.82, 2.24) is 15.0 Å². The number of nitrogens with zero attached hydrogens (tertiary/aromatic N) is 3. The van der Waals surface area contributed by atoms with Crippen molar-refractivity contribution in [2.75, 3.05) is 6.54 Å². The maximum absolute atomic E-state index is 6.00. The molecule has 0 spiro atoms. The molecule has 0 saturated heterocycles. The van der Waals surface area contributed by atoms with Crippen molar-refractivity contribution in [2.45, 2.75) is 38.3 Å². The van der Waals surface area contributed by atoms with Crippen molar-refractivity contribution < 1.29 is 4.74 Å². The molecular formula is C15H19ClN4O. The third-order valence-electron chi connectivity index (χ3n) is 3.63. The summed E-state index contributed by atoms with van der Waals surface area (Å²) in [6.07, 6.45) is 5.96. The lowest BCUT2D eigenvalue weighted by molar-refractivity contribution is 0.202. The Hall–Kier alpha value is -1.59. The van der Waals surface area contributed by atoms with E-state index >= 15 is 0 Å². The summed E-state index contributed by atoms with van der Waals surface area (Å²) in [7, 11) is 0. The smallest absolute Gasteiger partial charge is 0.123 e. The van der Waals surface area contributed by atoms with Gasteiger partial charge in [-0.25, -0.2) is 4.68 Å². The molecule has 6 heteroatoms. The van der Waals surface area contributed by atoms with Gasteiger partial charge in [-0.2, -0.15) is 0 Å². The minimum absolute atomic E-state index is 0.0945. The van der Waals surface area contributed by atoms with Gasteiger partial charge >= 0.3 is 0 Å². The first-order chi connectivity index (χ1) is 10.2. The molecule has 1 unspecified atom stereocenters. The van der Waals surface area contributed by atoms with Crippen molar-refractivity contribution in [3.63, 3.8) is 0 Å². The zero-order valence-electron chi connectivity index (χ0n) is 11.8. The number of aromatic nitrogens is 3. The molecule has 112 valence electrons. The lowest BCUT2D eigenvalue weighted by atomic mass is 10.1. The van der Waals surface area contributed by atoms with Gasteiger partial charge in [-0.3, -0.25) is 0 Å². The minimum atomic E-state index is 0.0945. The Labute approximate surface area is 129 Å². The molecule has 2 N–H and O–H groups in total. The Bertz CT molecular complexity index is 613. The second-order valence-corrected chi connectivity index (χ2v) is 5.81. The first kappa shape index (κ1) is 14.4. The fraction of sp³-hybridized carbons (Fsp3) is 0.467. The number of fused-ring (bicyclic) bond motifs is 1. The highest BCUT2D eigenvalue weighted by Crippen LogP contribution is 2.31. The first-order valence-electron chi connectivity index (χ1n) is 7.29. The van der Waals surface area contributed by atoms with Crippen LogP contribution in [0.3, 0.4) is 0 Å². The summed E-state index contributed by atoms with van der Waals surface area (Å²) in [5.41, 5.74) is 7.67. The standard InChI is InChI=1S/C15H19ClN4O/c16-12-4-5-15-11(7-12)8-14(21-15)10-20-9-13(18-19-20)3-1-2-6-17/h4-5,7,9,14H,1-3,6,8,10,17H2. The summed E-state index contributed by atoms with van der Waals surface area (Å²) in [5, 5.41) is 9.11. The number of hydrogen-bond donors (Lipinski definition) is 1. The van der Waals surface area contributed by atoms with E-state index < -0.39 is 0 Å². The Morgan fingerprint density at radius 1 is 1.38 bits per heavy atom. The third-order valence-corrected chi connectivity index (χ3v) is 3.86. The van der Waals surface area contributed by atoms with Crippen LogP contribution in [0.4, 0.5) is 0 Å². The monoisotopic (exact) mass is 306 g/mol. The number of nitrogens with two attached hydrogens (primary N) is 1. The predicted octanol–water partition coefficient (Wildman–Crippen LogP) is 2.22. The topological polar surface area (TPSA) is 66.0 Å². The van der Waals surface area contributed by atoms with Crippen molar-refractivity contribution in [1.29, 1.82) is 0 Å². The van der Waals surface area contributed by atoms with E-state index in [-0.39, 0.29) is 6.10 Å². The normalized spacial score (nSPS) is 16.8. The highest BCUT2D eigenvalue weighted by atomic mass is 35.5. The van der Waals surface area contributed by atoms with E-state index in [9.17, 15) is 0 Å². The van der Waals surface area contributed by atoms with Crippen LogP contribution < -0.4 is 10.5 Å². The van der Waals surface area contributed by atoms with Gasteiger partial charge in [-0.1, -0.05) is 16.8 Å². The van der Waals surface area contributed by atoms with Gasteiger partial charge in [0, 0.05) is 17.6 Å². The van der Waals surface area contributed by atoms with E-state index in [0.29, 0.717) is 6.54 Å². The van der Waals surface area contributed by atoms with Crippen LogP contribution in [0.15, 0.2) is 24.4 Å². The largest absolute Gasteiger partial charge is 0.488 e. The van der Waals surface area contributed by atoms with Crippen LogP contribution in [0.25, 0.3) is 0 Å². The quantitative estimate of drug-likeness (QED) is 0.831. The number of hydrogen-bond acceptors (Lipinski definition) is 4. The molecule has 3 rings (SSSR count). The van der Waals surface area contributed by atoms with E-state index in [1.807, 2.05) is 29.1 Å². The molecule has 1 aromatic carbocycles. The first-order valence-corrected chi connectivity index (χ1v) is 7.66. The van der Waals surface area contributed by atoms with Crippen molar-refractivity contribution in [3.05, 3.63) is 40.7 Å². The molecule has 0 amide bonds. The number of benzene rings is 1. The molecule has 0 radical (unpaired) electrons. The fourth-order valence-corrected chi connectivity index (χ4v) is 2.79. The van der Waals surface area contributed by atoms with Crippen molar-refractivity contribution >= 4 is 11.6 Å². The Morgan fingerprint density at radius 3 is 3.14 bits per heavy atom. The number of halogens is 1. The maximum atomic E-state index is 6.00. The van der Waals surface area contributed by atoms with Crippen molar-refractivity contribution in [3.8, 4) is 5.75 Å². The Morgan fingerprint density at radius 2 is 2.29 bits per heavy atom. The van der Waals surface area contributed by atoms with Gasteiger partial charge in [-0.15, -0.1) is 5.10 Å². The highest BCUT2D eigenvalue weighted by Gasteiger charge is 2.23. The third kappa shape index (κ3) is 3.54. The Kier molecular flexibility index (Phi) is 4.41. The van der Waals surface area contributed by atoms with E-state index in [4.69, 9.17) is 22.1 Å². The van der Waals surface area contributed by atoms with E-state index in [1.165, 1.54) is 0 Å². The zero-order valence-corrected chi connectivity index (χ0v) is 12.6. The minimum Gasteiger partial charge on any atom is -0.488 e. The van der Waals surface area contributed by atoms with Crippen LogP contribution in [-0.2, 0) is 19.4 Å². The Balaban J connectivity index is 1.56. The average molecular weight is 307 g/mol. The molecule has 2 aromatic rings. The number of ether oxygens (including phenoxy) is 1. The second kappa shape index (κ2) is 6.45. The van der Waals surface area contributed by atoms with E-state index in [1.54, 1.807) is 0 Å². The van der Waals surface area contributed by atoms with E-state index in [2.05, 4.69) is 10.3 Å². The van der Waals surface area contributed by atoms with Crippen LogP contribution in [0.2, 0.25) is 5.02 Å². The summed E-state index contributed by atoms with van der Waals surface area (Å²) in [6.45, 7) is 1.43. The number of unbranched alkanes of at least 4 members (excludes halogenated alkanes) is 1. The van der Waals surface area contributed by atoms with Crippen LogP contribution in [0, 0.1) is 0 Å². The fourth-order valence-electron chi connectivity index (χ4n) is 2.59. The van der Waals surface area contributed by atoms with Crippen LogP contribution in [0.1, 0.15) is 24.1 Å². The van der Waals surface area contributed by atoms with Crippen LogP contribution >= 0.6 is 11.6 Å². The van der Waals surface area contributed by atoms with Gasteiger partial charge in [0.2, 0.25) is 0 Å². The number of rotatable bonds is 6. The molecule has 1 aliphatic heterocycles. The summed E-state index contributed by atoms with van der Waals surface area (Å²) in [6, 6.07) is 5.75. The SMILES string of the molecule is NCCCCc1cn(CC2Cc3cc(Cl)ccc3O2)nn1. The molecule has 0 saturated carbocycles. The van der Waals surface area contributed by atoms with Gasteiger partial charge in [0.05, 0.1) is 12.2 Å².